The fourth-order valence-electron chi connectivity index (χ4n) is 3.01. The van der Waals surface area contributed by atoms with Gasteiger partial charge in [0.1, 0.15) is 11.4 Å². The second-order valence-corrected chi connectivity index (χ2v) is 6.32. The Hall–Kier alpha value is -4.06. The number of carbonyl (C=O) groups is 1. The first-order valence-electron chi connectivity index (χ1n) is 8.70. The van der Waals surface area contributed by atoms with Crippen molar-refractivity contribution >= 4 is 28.7 Å². The molecule has 138 valence electrons. The van der Waals surface area contributed by atoms with Crippen molar-refractivity contribution in [3.8, 4) is 16.9 Å². The SMILES string of the molecule is NC(=Cc1cccc(O)c1)C(=O)Nc1ccc(-c2ccnc3[nH]ccc23)cc1. The first kappa shape index (κ1) is 17.4. The number of phenols is 1. The van der Waals surface area contributed by atoms with Crippen LogP contribution in [-0.2, 0) is 4.79 Å². The number of amides is 1. The van der Waals surface area contributed by atoms with Crippen molar-refractivity contribution in [1.82, 2.24) is 9.97 Å². The summed E-state index contributed by atoms with van der Waals surface area (Å²) in [6.07, 6.45) is 5.14. The van der Waals surface area contributed by atoms with Crippen LogP contribution in [0.5, 0.6) is 5.75 Å². The second kappa shape index (κ2) is 7.28. The number of anilines is 1. The van der Waals surface area contributed by atoms with Crippen LogP contribution < -0.4 is 11.1 Å². The average molecular weight is 370 g/mol. The molecule has 4 aromatic rings. The summed E-state index contributed by atoms with van der Waals surface area (Å²) in [5.41, 5.74) is 10.1. The van der Waals surface area contributed by atoms with Gasteiger partial charge in [-0.25, -0.2) is 4.98 Å². The van der Waals surface area contributed by atoms with Crippen LogP contribution in [0.25, 0.3) is 28.2 Å². The molecule has 2 aromatic heterocycles. The Labute approximate surface area is 161 Å². The molecule has 28 heavy (non-hydrogen) atoms. The predicted molar refractivity (Wildman–Crippen MR) is 110 cm³/mol. The third-order valence-electron chi connectivity index (χ3n) is 4.37. The number of phenolic OH excluding ortho intramolecular Hbond substituents is 1. The summed E-state index contributed by atoms with van der Waals surface area (Å²) in [6, 6.07) is 18.0. The number of fused-ring (bicyclic) bond motifs is 1. The zero-order valence-corrected chi connectivity index (χ0v) is 14.9. The molecular formula is C22H18N4O2. The van der Waals surface area contributed by atoms with Gasteiger partial charge in [0, 0.05) is 23.5 Å². The topological polar surface area (TPSA) is 104 Å². The number of aromatic amines is 1. The minimum absolute atomic E-state index is 0.0536. The number of H-pyrrole nitrogens is 1. The van der Waals surface area contributed by atoms with Crippen molar-refractivity contribution in [2.75, 3.05) is 5.32 Å². The van der Waals surface area contributed by atoms with E-state index in [2.05, 4.69) is 15.3 Å². The van der Waals surface area contributed by atoms with E-state index in [9.17, 15) is 9.90 Å². The van der Waals surface area contributed by atoms with E-state index in [0.29, 0.717) is 11.3 Å². The molecule has 0 aliphatic heterocycles. The molecule has 2 heterocycles. The van der Waals surface area contributed by atoms with Crippen molar-refractivity contribution in [2.24, 2.45) is 5.73 Å². The maximum absolute atomic E-state index is 12.3. The molecule has 0 radical (unpaired) electrons. The zero-order chi connectivity index (χ0) is 19.5. The number of nitrogens with one attached hydrogen (secondary N) is 2. The average Bonchev–Trinajstić information content (AvgIpc) is 3.17. The second-order valence-electron chi connectivity index (χ2n) is 6.32. The van der Waals surface area contributed by atoms with Crippen molar-refractivity contribution in [3.05, 3.63) is 84.3 Å². The number of nitrogens with zero attached hydrogens (tertiary/aromatic N) is 1. The number of carbonyl (C=O) groups excluding carboxylic acids is 1. The van der Waals surface area contributed by atoms with Gasteiger partial charge in [0.25, 0.3) is 5.91 Å². The quantitative estimate of drug-likeness (QED) is 0.409. The van der Waals surface area contributed by atoms with Crippen molar-refractivity contribution in [2.45, 2.75) is 0 Å². The summed E-state index contributed by atoms with van der Waals surface area (Å²) in [5, 5.41) is 13.3. The van der Waals surface area contributed by atoms with Gasteiger partial charge in [0.15, 0.2) is 0 Å². The number of pyridine rings is 1. The molecule has 0 aliphatic carbocycles. The maximum Gasteiger partial charge on any atom is 0.271 e. The van der Waals surface area contributed by atoms with Crippen LogP contribution in [0.4, 0.5) is 5.69 Å². The van der Waals surface area contributed by atoms with Gasteiger partial charge in [-0.2, -0.15) is 0 Å². The van der Waals surface area contributed by atoms with Gasteiger partial charge in [-0.05, 0) is 59.2 Å². The van der Waals surface area contributed by atoms with E-state index < -0.39 is 5.91 Å². The standard InChI is InChI=1S/C22H18N4O2/c23-20(13-14-2-1-3-17(27)12-14)22(28)26-16-6-4-15(5-7-16)18-8-10-24-21-19(18)9-11-25-21/h1-13,27H,23H2,(H,24,25)(H,26,28). The molecule has 2 aromatic carbocycles. The number of aromatic nitrogens is 2. The Morgan fingerprint density at radius 3 is 2.71 bits per heavy atom. The van der Waals surface area contributed by atoms with Crippen molar-refractivity contribution in [1.29, 1.82) is 0 Å². The maximum atomic E-state index is 12.3. The lowest BCUT2D eigenvalue weighted by Gasteiger charge is -2.08. The van der Waals surface area contributed by atoms with Gasteiger partial charge in [-0.3, -0.25) is 4.79 Å². The number of benzene rings is 2. The van der Waals surface area contributed by atoms with Crippen LogP contribution in [0.2, 0.25) is 0 Å². The molecule has 0 saturated heterocycles. The largest absolute Gasteiger partial charge is 0.508 e. The highest BCUT2D eigenvalue weighted by Gasteiger charge is 2.08. The molecule has 6 heteroatoms. The Kier molecular flexibility index (Phi) is 4.51. The normalized spacial score (nSPS) is 11.5. The van der Waals surface area contributed by atoms with E-state index in [1.807, 2.05) is 42.6 Å². The van der Waals surface area contributed by atoms with Gasteiger partial charge in [0.05, 0.1) is 5.70 Å². The molecule has 0 atom stereocenters. The van der Waals surface area contributed by atoms with Gasteiger partial charge >= 0.3 is 0 Å². The minimum Gasteiger partial charge on any atom is -0.508 e. The fraction of sp³-hybridized carbons (Fsp3) is 0. The Morgan fingerprint density at radius 2 is 1.93 bits per heavy atom. The van der Waals surface area contributed by atoms with E-state index >= 15 is 0 Å². The molecule has 0 spiro atoms. The fourth-order valence-corrected chi connectivity index (χ4v) is 3.01. The summed E-state index contributed by atoms with van der Waals surface area (Å²) < 4.78 is 0. The van der Waals surface area contributed by atoms with Crippen LogP contribution in [-0.4, -0.2) is 21.0 Å². The van der Waals surface area contributed by atoms with Crippen LogP contribution in [0.3, 0.4) is 0 Å². The summed E-state index contributed by atoms with van der Waals surface area (Å²) in [6.45, 7) is 0. The van der Waals surface area contributed by atoms with Crippen LogP contribution in [0.15, 0.2) is 78.8 Å². The molecule has 5 N–H and O–H groups in total. The first-order chi connectivity index (χ1) is 13.6. The van der Waals surface area contributed by atoms with E-state index in [0.717, 1.165) is 22.2 Å². The monoisotopic (exact) mass is 370 g/mol. The van der Waals surface area contributed by atoms with Gasteiger partial charge < -0.3 is 21.1 Å². The first-order valence-corrected chi connectivity index (χ1v) is 8.70. The molecule has 4 rings (SSSR count). The molecule has 0 saturated carbocycles. The molecule has 0 unspecified atom stereocenters. The highest BCUT2D eigenvalue weighted by Crippen LogP contribution is 2.28. The third-order valence-corrected chi connectivity index (χ3v) is 4.37. The number of hydrogen-bond acceptors (Lipinski definition) is 4. The molecule has 0 fully saturated rings. The molecule has 0 aliphatic rings. The van der Waals surface area contributed by atoms with Crippen LogP contribution in [0, 0.1) is 0 Å². The number of aromatic hydroxyl groups is 1. The summed E-state index contributed by atoms with van der Waals surface area (Å²) in [4.78, 5) is 19.7. The minimum atomic E-state index is -0.409. The Balaban J connectivity index is 1.51. The van der Waals surface area contributed by atoms with E-state index in [1.165, 1.54) is 12.1 Å². The summed E-state index contributed by atoms with van der Waals surface area (Å²) >= 11 is 0. The van der Waals surface area contributed by atoms with Gasteiger partial charge in [0.2, 0.25) is 0 Å². The van der Waals surface area contributed by atoms with Crippen molar-refractivity contribution < 1.29 is 9.90 Å². The number of nitrogens with two attached hydrogens (primary N) is 1. The Bertz CT molecular complexity index is 1180. The lowest BCUT2D eigenvalue weighted by Crippen LogP contribution is -2.19. The van der Waals surface area contributed by atoms with E-state index in [4.69, 9.17) is 5.73 Å². The smallest absolute Gasteiger partial charge is 0.271 e. The van der Waals surface area contributed by atoms with Gasteiger partial charge in [-0.15, -0.1) is 0 Å². The molecule has 0 bridgehead atoms. The highest BCUT2D eigenvalue weighted by molar-refractivity contribution is 6.06. The van der Waals surface area contributed by atoms with Crippen molar-refractivity contribution in [3.63, 3.8) is 0 Å². The van der Waals surface area contributed by atoms with E-state index in [-0.39, 0.29) is 11.4 Å². The van der Waals surface area contributed by atoms with Gasteiger partial charge in [-0.1, -0.05) is 24.3 Å². The number of rotatable bonds is 4. The van der Waals surface area contributed by atoms with Crippen LogP contribution >= 0.6 is 0 Å². The lowest BCUT2D eigenvalue weighted by molar-refractivity contribution is -0.112. The predicted octanol–water partition coefficient (Wildman–Crippen LogP) is 3.87. The third kappa shape index (κ3) is 3.57. The lowest BCUT2D eigenvalue weighted by atomic mass is 10.0. The molecule has 6 nitrogen and oxygen atoms in total. The number of hydrogen-bond donors (Lipinski definition) is 4. The molecular weight excluding hydrogens is 352 g/mol. The summed E-state index contributed by atoms with van der Waals surface area (Å²) in [7, 11) is 0. The Morgan fingerprint density at radius 1 is 1.11 bits per heavy atom. The molecule has 1 amide bonds. The van der Waals surface area contributed by atoms with Crippen LogP contribution in [0.1, 0.15) is 5.56 Å². The summed E-state index contributed by atoms with van der Waals surface area (Å²) in [5.74, 6) is -0.293. The zero-order valence-electron chi connectivity index (χ0n) is 14.9. The van der Waals surface area contributed by atoms with E-state index in [1.54, 1.807) is 24.4 Å². The highest BCUT2D eigenvalue weighted by atomic mass is 16.3.